The molecule has 1 aromatic heterocycles. The number of carbonyl (C=O) groups excluding carboxylic acids is 1. The SMILES string of the molecule is NCC1(O)CN(Cc2ccc(-n3ccc(NC(=O)N4CCNCC4)nc3=O)cc2)C1. The molecule has 0 bridgehead atoms. The van der Waals surface area contributed by atoms with E-state index in [2.05, 4.69) is 20.5 Å². The van der Waals surface area contributed by atoms with Crippen molar-refractivity contribution in [2.24, 2.45) is 5.73 Å². The number of hydrogen-bond donors (Lipinski definition) is 4. The van der Waals surface area contributed by atoms with Gasteiger partial charge in [-0.1, -0.05) is 12.1 Å². The van der Waals surface area contributed by atoms with E-state index in [4.69, 9.17) is 5.73 Å². The van der Waals surface area contributed by atoms with Crippen molar-refractivity contribution in [2.45, 2.75) is 12.1 Å². The fourth-order valence-corrected chi connectivity index (χ4v) is 3.77. The maximum atomic E-state index is 12.5. The van der Waals surface area contributed by atoms with E-state index in [0.717, 1.165) is 18.7 Å². The van der Waals surface area contributed by atoms with E-state index in [1.165, 1.54) is 4.57 Å². The molecule has 30 heavy (non-hydrogen) atoms. The standard InChI is InChI=1S/C20H27N7O3/c21-12-20(30)13-25(14-20)11-15-1-3-16(4-2-15)27-8-5-17(24-19(27)29)23-18(28)26-9-6-22-7-10-26/h1-5,8,22,30H,6-7,9-14,21H2,(H,23,24,28,29). The molecule has 0 spiro atoms. The Morgan fingerprint density at radius 3 is 2.53 bits per heavy atom. The Hall–Kier alpha value is -2.79. The van der Waals surface area contributed by atoms with Gasteiger partial charge in [-0.15, -0.1) is 0 Å². The van der Waals surface area contributed by atoms with Crippen LogP contribution in [0.15, 0.2) is 41.3 Å². The molecule has 0 unspecified atom stereocenters. The predicted octanol–water partition coefficient (Wildman–Crippen LogP) is -0.825. The zero-order chi connectivity index (χ0) is 21.1. The first-order chi connectivity index (χ1) is 14.5. The molecule has 10 heteroatoms. The third-order valence-electron chi connectivity index (χ3n) is 5.48. The number of nitrogens with zero attached hydrogens (tertiary/aromatic N) is 4. The molecule has 3 heterocycles. The number of nitrogens with one attached hydrogen (secondary N) is 2. The second-order valence-corrected chi connectivity index (χ2v) is 7.87. The molecule has 0 aliphatic carbocycles. The second-order valence-electron chi connectivity index (χ2n) is 7.87. The molecule has 2 aromatic rings. The van der Waals surface area contributed by atoms with Crippen LogP contribution in [0.2, 0.25) is 0 Å². The third kappa shape index (κ3) is 4.51. The number of urea groups is 1. The van der Waals surface area contributed by atoms with E-state index < -0.39 is 11.3 Å². The highest BCUT2D eigenvalue weighted by molar-refractivity contribution is 5.88. The van der Waals surface area contributed by atoms with Crippen molar-refractivity contribution in [3.63, 3.8) is 0 Å². The van der Waals surface area contributed by atoms with Gasteiger partial charge in [-0.05, 0) is 23.8 Å². The second kappa shape index (κ2) is 8.52. The molecule has 10 nitrogen and oxygen atoms in total. The lowest BCUT2D eigenvalue weighted by molar-refractivity contribution is -0.0937. The lowest BCUT2D eigenvalue weighted by atomic mass is 9.94. The molecule has 0 saturated carbocycles. The van der Waals surface area contributed by atoms with Gasteiger partial charge >= 0.3 is 11.7 Å². The Balaban J connectivity index is 1.38. The normalized spacial score (nSPS) is 18.7. The number of hydrogen-bond acceptors (Lipinski definition) is 7. The number of aromatic nitrogens is 2. The van der Waals surface area contributed by atoms with Crippen LogP contribution in [0.1, 0.15) is 5.56 Å². The highest BCUT2D eigenvalue weighted by atomic mass is 16.3. The van der Waals surface area contributed by atoms with Gasteiger partial charge in [0.25, 0.3) is 0 Å². The van der Waals surface area contributed by atoms with E-state index in [1.807, 2.05) is 24.3 Å². The molecule has 4 rings (SSSR count). The van der Waals surface area contributed by atoms with Gasteiger partial charge in [0.05, 0.1) is 5.69 Å². The number of likely N-dealkylation sites (tertiary alicyclic amines) is 1. The van der Waals surface area contributed by atoms with Crippen LogP contribution in [0.3, 0.4) is 0 Å². The summed E-state index contributed by atoms with van der Waals surface area (Å²) in [4.78, 5) is 32.5. The molecule has 2 aliphatic rings. The molecule has 2 amide bonds. The topological polar surface area (TPSA) is 129 Å². The Kier molecular flexibility index (Phi) is 5.82. The fraction of sp³-hybridized carbons (Fsp3) is 0.450. The first-order valence-electron chi connectivity index (χ1n) is 10.1. The number of piperazine rings is 1. The van der Waals surface area contributed by atoms with Gasteiger partial charge in [-0.2, -0.15) is 4.98 Å². The predicted molar refractivity (Wildman–Crippen MR) is 113 cm³/mol. The Bertz CT molecular complexity index is 948. The van der Waals surface area contributed by atoms with Gasteiger partial charge in [0.15, 0.2) is 0 Å². The van der Waals surface area contributed by atoms with E-state index in [9.17, 15) is 14.7 Å². The van der Waals surface area contributed by atoms with Crippen LogP contribution < -0.4 is 22.1 Å². The molecule has 0 radical (unpaired) electrons. The summed E-state index contributed by atoms with van der Waals surface area (Å²) >= 11 is 0. The maximum Gasteiger partial charge on any atom is 0.354 e. The third-order valence-corrected chi connectivity index (χ3v) is 5.48. The van der Waals surface area contributed by atoms with Crippen molar-refractivity contribution in [1.29, 1.82) is 0 Å². The summed E-state index contributed by atoms with van der Waals surface area (Å²) in [6.45, 7) is 4.87. The van der Waals surface area contributed by atoms with Gasteiger partial charge in [-0.25, -0.2) is 9.59 Å². The van der Waals surface area contributed by atoms with Gasteiger partial charge < -0.3 is 21.1 Å². The largest absolute Gasteiger partial charge is 0.386 e. The summed E-state index contributed by atoms with van der Waals surface area (Å²) < 4.78 is 1.43. The molecule has 0 atom stereocenters. The minimum Gasteiger partial charge on any atom is -0.386 e. The van der Waals surface area contributed by atoms with Crippen LogP contribution in [-0.4, -0.2) is 81.9 Å². The van der Waals surface area contributed by atoms with Crippen LogP contribution in [0, 0.1) is 0 Å². The summed E-state index contributed by atoms with van der Waals surface area (Å²) in [5.41, 5.74) is 6.10. The average Bonchev–Trinajstić information content (AvgIpc) is 2.74. The average molecular weight is 413 g/mol. The van der Waals surface area contributed by atoms with Crippen molar-refractivity contribution in [2.75, 3.05) is 51.1 Å². The van der Waals surface area contributed by atoms with Crippen LogP contribution >= 0.6 is 0 Å². The lowest BCUT2D eigenvalue weighted by Gasteiger charge is -2.45. The Morgan fingerprint density at radius 2 is 1.90 bits per heavy atom. The molecular formula is C20H27N7O3. The van der Waals surface area contributed by atoms with E-state index >= 15 is 0 Å². The summed E-state index contributed by atoms with van der Waals surface area (Å²) in [7, 11) is 0. The van der Waals surface area contributed by atoms with Crippen molar-refractivity contribution < 1.29 is 9.90 Å². The number of anilines is 1. The number of carbonyl (C=O) groups is 1. The highest BCUT2D eigenvalue weighted by Gasteiger charge is 2.39. The van der Waals surface area contributed by atoms with Gasteiger partial charge in [0.1, 0.15) is 11.4 Å². The summed E-state index contributed by atoms with van der Waals surface area (Å²) in [6.07, 6.45) is 1.61. The molecular weight excluding hydrogens is 386 g/mol. The van der Waals surface area contributed by atoms with E-state index in [-0.39, 0.29) is 18.4 Å². The van der Waals surface area contributed by atoms with Crippen LogP contribution in [0.4, 0.5) is 10.6 Å². The van der Waals surface area contributed by atoms with Crippen molar-refractivity contribution >= 4 is 11.8 Å². The molecule has 160 valence electrons. The lowest BCUT2D eigenvalue weighted by Crippen LogP contribution is -2.64. The minimum absolute atomic E-state index is 0.238. The first kappa shape index (κ1) is 20.5. The number of aliphatic hydroxyl groups is 1. The highest BCUT2D eigenvalue weighted by Crippen LogP contribution is 2.22. The van der Waals surface area contributed by atoms with Crippen LogP contribution in [-0.2, 0) is 6.54 Å². The van der Waals surface area contributed by atoms with Crippen molar-refractivity contribution in [1.82, 2.24) is 24.7 Å². The zero-order valence-electron chi connectivity index (χ0n) is 16.8. The summed E-state index contributed by atoms with van der Waals surface area (Å²) in [6, 6.07) is 8.96. The van der Waals surface area contributed by atoms with Gasteiger partial charge in [0, 0.05) is 58.6 Å². The quantitative estimate of drug-likeness (QED) is 0.504. The monoisotopic (exact) mass is 413 g/mol. The van der Waals surface area contributed by atoms with E-state index in [1.54, 1.807) is 17.2 Å². The minimum atomic E-state index is -0.763. The van der Waals surface area contributed by atoms with Gasteiger partial charge in [-0.3, -0.25) is 14.8 Å². The van der Waals surface area contributed by atoms with Crippen LogP contribution in [0.5, 0.6) is 0 Å². The van der Waals surface area contributed by atoms with Crippen molar-refractivity contribution in [3.05, 3.63) is 52.6 Å². The van der Waals surface area contributed by atoms with Gasteiger partial charge in [0.2, 0.25) is 0 Å². The van der Waals surface area contributed by atoms with E-state index in [0.29, 0.717) is 38.4 Å². The molecule has 5 N–H and O–H groups in total. The van der Waals surface area contributed by atoms with Crippen LogP contribution in [0.25, 0.3) is 5.69 Å². The fourth-order valence-electron chi connectivity index (χ4n) is 3.77. The maximum absolute atomic E-state index is 12.5. The summed E-state index contributed by atoms with van der Waals surface area (Å²) in [5, 5.41) is 15.9. The number of benzene rings is 1. The molecule has 2 aliphatic heterocycles. The zero-order valence-corrected chi connectivity index (χ0v) is 16.8. The Labute approximate surface area is 174 Å². The summed E-state index contributed by atoms with van der Waals surface area (Å²) in [5.74, 6) is 0.238. The number of rotatable bonds is 5. The number of amides is 2. The number of nitrogens with two attached hydrogens (primary N) is 1. The number of β-amino-alcohol motifs (C(OH)–C–C–N with tert-alkyl or cyclic N) is 1. The van der Waals surface area contributed by atoms with Crippen molar-refractivity contribution in [3.8, 4) is 5.69 Å². The molecule has 2 saturated heterocycles. The smallest absolute Gasteiger partial charge is 0.354 e. The Morgan fingerprint density at radius 1 is 1.20 bits per heavy atom. The molecule has 1 aromatic carbocycles. The molecule has 2 fully saturated rings. The first-order valence-corrected chi connectivity index (χ1v) is 10.1.